The lowest BCUT2D eigenvalue weighted by Gasteiger charge is -2.05. The number of nitrogens with zero attached hydrogens (tertiary/aromatic N) is 2. The van der Waals surface area contributed by atoms with Gasteiger partial charge in [-0.05, 0) is 36.1 Å². The van der Waals surface area contributed by atoms with Gasteiger partial charge in [0.2, 0.25) is 5.13 Å². The van der Waals surface area contributed by atoms with E-state index >= 15 is 0 Å². The third kappa shape index (κ3) is 3.22. The summed E-state index contributed by atoms with van der Waals surface area (Å²) < 4.78 is 0. The van der Waals surface area contributed by atoms with Gasteiger partial charge in [-0.2, -0.15) is 0 Å². The normalized spacial score (nSPS) is 10.8. The van der Waals surface area contributed by atoms with Gasteiger partial charge in [0, 0.05) is 23.0 Å². The molecule has 0 aliphatic rings. The Kier molecular flexibility index (Phi) is 3.91. The highest BCUT2D eigenvalue weighted by Gasteiger charge is 2.11. The number of benzene rings is 2. The molecule has 0 aliphatic carbocycles. The molecule has 0 unspecified atom stereocenters. The summed E-state index contributed by atoms with van der Waals surface area (Å²) in [5.41, 5.74) is 3.81. The van der Waals surface area contributed by atoms with Crippen LogP contribution in [0.1, 0.15) is 5.56 Å². The predicted molar refractivity (Wildman–Crippen MR) is 101 cm³/mol. The number of aromatic nitrogens is 3. The fourth-order valence-electron chi connectivity index (χ4n) is 2.58. The molecule has 124 valence electrons. The number of rotatable bonds is 3. The molecule has 25 heavy (non-hydrogen) atoms. The molecule has 0 atom stereocenters. The Labute approximate surface area is 147 Å². The Hall–Kier alpha value is -3.19. The van der Waals surface area contributed by atoms with Crippen LogP contribution < -0.4 is 10.6 Å². The summed E-state index contributed by atoms with van der Waals surface area (Å²) in [6.45, 7) is 2.02. The number of aromatic amines is 1. The van der Waals surface area contributed by atoms with E-state index in [0.29, 0.717) is 10.8 Å². The van der Waals surface area contributed by atoms with Crippen molar-refractivity contribution < 1.29 is 4.79 Å². The van der Waals surface area contributed by atoms with Crippen LogP contribution in [-0.4, -0.2) is 21.2 Å². The SMILES string of the molecule is Cc1ccccc1-c1nnc(NC(=O)Nc2ccc3cc[nH]c3c2)s1. The number of H-pyrrole nitrogens is 1. The van der Waals surface area contributed by atoms with E-state index in [1.54, 1.807) is 0 Å². The van der Waals surface area contributed by atoms with Crippen molar-refractivity contribution in [2.75, 3.05) is 10.6 Å². The molecule has 0 spiro atoms. The van der Waals surface area contributed by atoms with E-state index in [1.165, 1.54) is 11.3 Å². The average molecular weight is 349 g/mol. The summed E-state index contributed by atoms with van der Waals surface area (Å²) in [5.74, 6) is 0. The predicted octanol–water partition coefficient (Wildman–Crippen LogP) is 4.64. The molecule has 3 N–H and O–H groups in total. The zero-order valence-corrected chi connectivity index (χ0v) is 14.2. The summed E-state index contributed by atoms with van der Waals surface area (Å²) in [6.07, 6.45) is 1.86. The van der Waals surface area contributed by atoms with E-state index in [2.05, 4.69) is 25.8 Å². The van der Waals surface area contributed by atoms with Crippen LogP contribution in [0.3, 0.4) is 0 Å². The van der Waals surface area contributed by atoms with Gasteiger partial charge in [-0.25, -0.2) is 4.79 Å². The highest BCUT2D eigenvalue weighted by Crippen LogP contribution is 2.28. The third-order valence-corrected chi connectivity index (χ3v) is 4.71. The molecule has 6 nitrogen and oxygen atoms in total. The molecule has 4 aromatic rings. The minimum absolute atomic E-state index is 0.349. The van der Waals surface area contributed by atoms with Crippen LogP contribution in [0.4, 0.5) is 15.6 Å². The molecule has 4 rings (SSSR count). The number of hydrogen-bond donors (Lipinski definition) is 3. The van der Waals surface area contributed by atoms with Crippen LogP contribution in [0, 0.1) is 6.92 Å². The first-order valence-corrected chi connectivity index (χ1v) is 8.55. The number of nitrogens with one attached hydrogen (secondary N) is 3. The van der Waals surface area contributed by atoms with Gasteiger partial charge in [-0.3, -0.25) is 5.32 Å². The molecule has 2 amide bonds. The smallest absolute Gasteiger partial charge is 0.325 e. The number of amides is 2. The molecule has 7 heteroatoms. The van der Waals surface area contributed by atoms with Crippen molar-refractivity contribution in [2.24, 2.45) is 0 Å². The Morgan fingerprint density at radius 2 is 1.96 bits per heavy atom. The van der Waals surface area contributed by atoms with E-state index in [9.17, 15) is 4.79 Å². The van der Waals surface area contributed by atoms with Gasteiger partial charge in [0.15, 0.2) is 0 Å². The van der Waals surface area contributed by atoms with Crippen LogP contribution in [0.25, 0.3) is 21.5 Å². The maximum Gasteiger partial charge on any atom is 0.325 e. The van der Waals surface area contributed by atoms with E-state index in [4.69, 9.17) is 0 Å². The van der Waals surface area contributed by atoms with Crippen molar-refractivity contribution in [3.05, 3.63) is 60.3 Å². The monoisotopic (exact) mass is 349 g/mol. The maximum atomic E-state index is 12.2. The lowest BCUT2D eigenvalue weighted by molar-refractivity contribution is 0.262. The number of aryl methyl sites for hydroxylation is 1. The first kappa shape index (κ1) is 15.3. The van der Waals surface area contributed by atoms with E-state index in [0.717, 1.165) is 27.0 Å². The van der Waals surface area contributed by atoms with Crippen LogP contribution in [0.5, 0.6) is 0 Å². The Morgan fingerprint density at radius 3 is 2.84 bits per heavy atom. The van der Waals surface area contributed by atoms with Gasteiger partial charge in [-0.15, -0.1) is 10.2 Å². The molecular weight excluding hydrogens is 334 g/mol. The summed E-state index contributed by atoms with van der Waals surface area (Å²) in [7, 11) is 0. The molecule has 0 bridgehead atoms. The van der Waals surface area contributed by atoms with Crippen molar-refractivity contribution in [1.29, 1.82) is 0 Å². The molecule has 0 radical (unpaired) electrons. The number of carbonyl (C=O) groups is 1. The van der Waals surface area contributed by atoms with Gasteiger partial charge in [0.25, 0.3) is 0 Å². The quantitative estimate of drug-likeness (QED) is 0.504. The summed E-state index contributed by atoms with van der Waals surface area (Å²) in [5, 5.41) is 16.1. The molecular formula is C18H15N5OS. The van der Waals surface area contributed by atoms with E-state index in [-0.39, 0.29) is 6.03 Å². The number of urea groups is 1. The summed E-state index contributed by atoms with van der Waals surface area (Å²) in [6, 6.07) is 15.3. The zero-order chi connectivity index (χ0) is 17.2. The van der Waals surface area contributed by atoms with Crippen LogP contribution >= 0.6 is 11.3 Å². The molecule has 0 aliphatic heterocycles. The lowest BCUT2D eigenvalue weighted by Crippen LogP contribution is -2.19. The first-order valence-electron chi connectivity index (χ1n) is 7.74. The largest absolute Gasteiger partial charge is 0.361 e. The van der Waals surface area contributed by atoms with Crippen LogP contribution in [-0.2, 0) is 0 Å². The second-order valence-electron chi connectivity index (χ2n) is 5.59. The Bertz CT molecular complexity index is 1050. The summed E-state index contributed by atoms with van der Waals surface area (Å²) >= 11 is 1.34. The summed E-state index contributed by atoms with van der Waals surface area (Å²) in [4.78, 5) is 15.3. The highest BCUT2D eigenvalue weighted by atomic mass is 32.1. The van der Waals surface area contributed by atoms with Crippen molar-refractivity contribution in [3.8, 4) is 10.6 Å². The Balaban J connectivity index is 1.47. The first-order chi connectivity index (χ1) is 12.2. The molecule has 2 heterocycles. The standard InChI is InChI=1S/C18H15N5OS/c1-11-4-2-3-5-14(11)16-22-23-18(25-16)21-17(24)20-13-7-6-12-8-9-19-15(12)10-13/h2-10,19H,1H3,(H2,20,21,23,24). The van der Waals surface area contributed by atoms with Gasteiger partial charge >= 0.3 is 6.03 Å². The molecule has 2 aromatic heterocycles. The molecule has 0 saturated carbocycles. The number of fused-ring (bicyclic) bond motifs is 1. The maximum absolute atomic E-state index is 12.2. The van der Waals surface area contributed by atoms with Gasteiger partial charge in [-0.1, -0.05) is 41.7 Å². The third-order valence-electron chi connectivity index (χ3n) is 3.83. The molecule has 2 aromatic carbocycles. The topological polar surface area (TPSA) is 82.7 Å². The fraction of sp³-hybridized carbons (Fsp3) is 0.0556. The van der Waals surface area contributed by atoms with Crippen LogP contribution in [0.2, 0.25) is 0 Å². The Morgan fingerprint density at radius 1 is 1.08 bits per heavy atom. The van der Waals surface area contributed by atoms with Crippen molar-refractivity contribution >= 4 is 39.1 Å². The van der Waals surface area contributed by atoms with Crippen molar-refractivity contribution in [2.45, 2.75) is 6.92 Å². The highest BCUT2D eigenvalue weighted by molar-refractivity contribution is 7.18. The van der Waals surface area contributed by atoms with Crippen LogP contribution in [0.15, 0.2) is 54.7 Å². The second kappa shape index (κ2) is 6.37. The van der Waals surface area contributed by atoms with Gasteiger partial charge in [0.05, 0.1) is 0 Å². The molecule has 0 saturated heterocycles. The fourth-order valence-corrected chi connectivity index (χ4v) is 3.41. The number of hydrogen-bond acceptors (Lipinski definition) is 4. The number of anilines is 2. The lowest BCUT2D eigenvalue weighted by atomic mass is 10.1. The zero-order valence-electron chi connectivity index (χ0n) is 13.4. The average Bonchev–Trinajstić information content (AvgIpc) is 3.24. The molecule has 0 fully saturated rings. The van der Waals surface area contributed by atoms with Crippen molar-refractivity contribution in [1.82, 2.24) is 15.2 Å². The second-order valence-corrected chi connectivity index (χ2v) is 6.56. The van der Waals surface area contributed by atoms with Crippen molar-refractivity contribution in [3.63, 3.8) is 0 Å². The number of carbonyl (C=O) groups excluding carboxylic acids is 1. The van der Waals surface area contributed by atoms with E-state index < -0.39 is 0 Å². The van der Waals surface area contributed by atoms with Gasteiger partial charge in [0.1, 0.15) is 5.01 Å². The van der Waals surface area contributed by atoms with Gasteiger partial charge < -0.3 is 10.3 Å². The minimum atomic E-state index is -0.349. The van der Waals surface area contributed by atoms with E-state index in [1.807, 2.05) is 61.7 Å². The minimum Gasteiger partial charge on any atom is -0.361 e.